The van der Waals surface area contributed by atoms with E-state index in [0.717, 1.165) is 0 Å². The van der Waals surface area contributed by atoms with Gasteiger partial charge in [-0.1, -0.05) is 158 Å². The molecule has 5 unspecified atom stereocenters. The van der Waals surface area contributed by atoms with E-state index in [4.69, 9.17) is 0 Å². The lowest BCUT2D eigenvalue weighted by atomic mass is 9.74. The molecule has 49 heavy (non-hydrogen) atoms. The van der Waals surface area contributed by atoms with E-state index in [0.29, 0.717) is 35.3 Å². The van der Waals surface area contributed by atoms with Gasteiger partial charge in [0, 0.05) is 6.04 Å². The fourth-order valence-corrected chi connectivity index (χ4v) is 16.2. The van der Waals surface area contributed by atoms with Crippen molar-refractivity contribution in [1.29, 1.82) is 0 Å². The summed E-state index contributed by atoms with van der Waals surface area (Å²) in [6.07, 6.45) is 22.9. The second-order valence-corrected chi connectivity index (χ2v) is 23.1. The zero-order valence-corrected chi connectivity index (χ0v) is 32.4. The Kier molecular flexibility index (Phi) is 7.48. The molecule has 3 aromatic carbocycles. The van der Waals surface area contributed by atoms with Crippen LogP contribution >= 0.6 is 0 Å². The van der Waals surface area contributed by atoms with E-state index >= 15 is 0 Å². The summed E-state index contributed by atoms with van der Waals surface area (Å²) in [5.41, 5.74) is 6.54. The van der Waals surface area contributed by atoms with Gasteiger partial charge in [-0.3, -0.25) is 9.88 Å². The van der Waals surface area contributed by atoms with E-state index in [1.807, 2.05) is 0 Å². The number of hydrogen-bond acceptors (Lipinski definition) is 2. The van der Waals surface area contributed by atoms with E-state index in [1.165, 1.54) is 43.8 Å². The van der Waals surface area contributed by atoms with E-state index < -0.39 is 8.24 Å². The SMILES string of the molecule is CC(C)(C)C1=CC2C(C=C1)C1C=CC(C(C)(C)C)=CC1C2[Si](C)(C)N1[C@@H]2C=CC=C(c3c4ccccc4cc4ccccc34)C2NC1(C)C. The smallest absolute Gasteiger partial charge is 0.129 e. The Labute approximate surface area is 296 Å². The predicted molar refractivity (Wildman–Crippen MR) is 214 cm³/mol. The van der Waals surface area contributed by atoms with Crippen LogP contribution in [0.5, 0.6) is 0 Å². The fraction of sp³-hybridized carbons (Fsp3) is 0.435. The predicted octanol–water partition coefficient (Wildman–Crippen LogP) is 11.5. The van der Waals surface area contributed by atoms with E-state index in [2.05, 4.69) is 188 Å². The maximum Gasteiger partial charge on any atom is 0.129 e. The van der Waals surface area contributed by atoms with Crippen LogP contribution in [0.3, 0.4) is 0 Å². The van der Waals surface area contributed by atoms with Crippen LogP contribution < -0.4 is 5.32 Å². The van der Waals surface area contributed by atoms with Gasteiger partial charge in [0.05, 0.1) is 11.7 Å². The maximum atomic E-state index is 4.28. The van der Waals surface area contributed by atoms with Crippen LogP contribution in [-0.2, 0) is 0 Å². The van der Waals surface area contributed by atoms with Gasteiger partial charge in [0.15, 0.2) is 0 Å². The van der Waals surface area contributed by atoms with Crippen LogP contribution in [0.15, 0.2) is 120 Å². The average Bonchev–Trinajstić information content (AvgIpc) is 3.53. The highest BCUT2D eigenvalue weighted by Crippen LogP contribution is 2.62. The minimum Gasteiger partial charge on any atom is -0.299 e. The molecule has 0 aromatic heterocycles. The molecule has 1 N–H and O–H groups in total. The van der Waals surface area contributed by atoms with Crippen LogP contribution in [0.4, 0.5) is 0 Å². The van der Waals surface area contributed by atoms with Gasteiger partial charge in [-0.25, -0.2) is 0 Å². The molecule has 6 atom stereocenters. The van der Waals surface area contributed by atoms with Crippen molar-refractivity contribution in [2.24, 2.45) is 34.5 Å². The molecule has 3 heteroatoms. The number of benzene rings is 3. The van der Waals surface area contributed by atoms with Gasteiger partial charge in [0.2, 0.25) is 0 Å². The standard InChI is InChI=1S/C46H56N2Si/c1-44(2,3)31-22-24-35-36-25-23-32(45(4,5)6)28-39(36)43(38(35)27-31)49(9,10)48-40-21-15-20-37(42(40)47-46(48,7)8)41-33-18-13-11-16-29(33)26-30-17-12-14-19-34(30)41/h11-28,35-36,38-40,42-43,47H,1-10H3/t35?,36?,38?,39?,40-,42?,43?/m1/s1. The molecule has 1 aliphatic heterocycles. The Hall–Kier alpha value is -3.24. The van der Waals surface area contributed by atoms with E-state index in [1.54, 1.807) is 0 Å². The molecule has 0 amide bonds. The summed E-state index contributed by atoms with van der Waals surface area (Å²) in [7, 11) is -2.18. The number of nitrogens with zero attached hydrogens (tertiary/aromatic N) is 1. The summed E-state index contributed by atoms with van der Waals surface area (Å²) in [6, 6.07) is 20.8. The highest BCUT2D eigenvalue weighted by atomic mass is 28.3. The largest absolute Gasteiger partial charge is 0.299 e. The Morgan fingerprint density at radius 1 is 0.694 bits per heavy atom. The normalized spacial score (nSPS) is 31.0. The lowest BCUT2D eigenvalue weighted by Crippen LogP contribution is -2.64. The van der Waals surface area contributed by atoms with Crippen molar-refractivity contribution in [1.82, 2.24) is 9.88 Å². The second kappa shape index (κ2) is 11.1. The molecule has 1 heterocycles. The minimum atomic E-state index is -2.18. The summed E-state index contributed by atoms with van der Waals surface area (Å²) in [5, 5.41) is 9.60. The number of rotatable bonds is 3. The molecule has 2 fully saturated rings. The number of allylic oxidation sites excluding steroid dienone is 10. The third-order valence-electron chi connectivity index (χ3n) is 12.8. The summed E-state index contributed by atoms with van der Waals surface area (Å²) in [6.45, 7) is 24.7. The summed E-state index contributed by atoms with van der Waals surface area (Å²) in [5.74, 6) is 2.18. The highest BCUT2D eigenvalue weighted by Gasteiger charge is 2.62. The molecule has 3 aromatic rings. The molecule has 4 aliphatic carbocycles. The molecule has 2 nitrogen and oxygen atoms in total. The highest BCUT2D eigenvalue weighted by molar-refractivity contribution is 6.76. The quantitative estimate of drug-likeness (QED) is 0.221. The van der Waals surface area contributed by atoms with Crippen molar-refractivity contribution in [2.45, 2.75) is 91.8 Å². The van der Waals surface area contributed by atoms with Crippen LogP contribution in [0.2, 0.25) is 18.6 Å². The lowest BCUT2D eigenvalue weighted by molar-refractivity contribution is 0.226. The zero-order chi connectivity index (χ0) is 34.7. The number of fused-ring (bicyclic) bond motifs is 6. The van der Waals surface area contributed by atoms with Gasteiger partial charge in [-0.05, 0) is 104 Å². The van der Waals surface area contributed by atoms with E-state index in [9.17, 15) is 0 Å². The Morgan fingerprint density at radius 3 is 1.71 bits per heavy atom. The molecule has 8 rings (SSSR count). The van der Waals surface area contributed by atoms with Crippen molar-refractivity contribution in [3.8, 4) is 0 Å². The fourth-order valence-electron chi connectivity index (χ4n) is 10.8. The van der Waals surface area contributed by atoms with Crippen LogP contribution in [0, 0.1) is 34.5 Å². The number of hydrogen-bond donors (Lipinski definition) is 1. The molecule has 0 radical (unpaired) electrons. The van der Waals surface area contributed by atoms with Gasteiger partial charge in [-0.15, -0.1) is 0 Å². The summed E-state index contributed by atoms with van der Waals surface area (Å²) >= 11 is 0. The lowest BCUT2D eigenvalue weighted by Gasteiger charge is -2.51. The van der Waals surface area contributed by atoms with Crippen LogP contribution in [0.25, 0.3) is 27.1 Å². The minimum absolute atomic E-state index is 0.139. The van der Waals surface area contributed by atoms with Gasteiger partial charge in [0.1, 0.15) is 8.24 Å². The van der Waals surface area contributed by atoms with Crippen LogP contribution in [-0.4, -0.2) is 30.5 Å². The summed E-state index contributed by atoms with van der Waals surface area (Å²) in [4.78, 5) is 0. The maximum absolute atomic E-state index is 4.28. The summed E-state index contributed by atoms with van der Waals surface area (Å²) < 4.78 is 3.03. The molecule has 1 saturated carbocycles. The van der Waals surface area contributed by atoms with Gasteiger partial charge < -0.3 is 0 Å². The van der Waals surface area contributed by atoms with E-state index in [-0.39, 0.29) is 22.5 Å². The molecule has 0 bridgehead atoms. The van der Waals surface area contributed by atoms with Gasteiger partial charge >= 0.3 is 0 Å². The monoisotopic (exact) mass is 664 g/mol. The van der Waals surface area contributed by atoms with Gasteiger partial charge in [0.25, 0.3) is 0 Å². The van der Waals surface area contributed by atoms with Crippen molar-refractivity contribution in [2.75, 3.05) is 0 Å². The molecule has 0 spiro atoms. The third-order valence-corrected chi connectivity index (χ3v) is 17.3. The first-order chi connectivity index (χ1) is 23.1. The van der Waals surface area contributed by atoms with Crippen molar-refractivity contribution in [3.63, 3.8) is 0 Å². The number of nitrogens with one attached hydrogen (secondary N) is 1. The van der Waals surface area contributed by atoms with Crippen LogP contribution in [0.1, 0.15) is 61.0 Å². The molecular weight excluding hydrogens is 609 g/mol. The Bertz CT molecular complexity index is 1910. The third kappa shape index (κ3) is 5.17. The molecular formula is C46H56N2Si. The second-order valence-electron chi connectivity index (χ2n) is 18.7. The first-order valence-corrected chi connectivity index (χ1v) is 21.8. The first kappa shape index (κ1) is 32.9. The average molecular weight is 665 g/mol. The van der Waals surface area contributed by atoms with Gasteiger partial charge in [-0.2, -0.15) is 0 Å². The Balaban J connectivity index is 1.25. The molecule has 254 valence electrons. The first-order valence-electron chi connectivity index (χ1n) is 18.7. The molecule has 5 aliphatic rings. The zero-order valence-electron chi connectivity index (χ0n) is 31.4. The van der Waals surface area contributed by atoms with Crippen molar-refractivity contribution >= 4 is 35.4 Å². The molecule has 1 saturated heterocycles. The Morgan fingerprint density at radius 2 is 1.20 bits per heavy atom. The topological polar surface area (TPSA) is 15.3 Å². The van der Waals surface area contributed by atoms with Crippen molar-refractivity contribution in [3.05, 3.63) is 126 Å². The van der Waals surface area contributed by atoms with Crippen molar-refractivity contribution < 1.29 is 0 Å².